The largest absolute Gasteiger partial charge is 0.478 e. The first-order valence-corrected chi connectivity index (χ1v) is 8.06. The predicted molar refractivity (Wildman–Crippen MR) is 84.1 cm³/mol. The van der Waals surface area contributed by atoms with Crippen LogP contribution in [0.15, 0.2) is 24.3 Å². The van der Waals surface area contributed by atoms with Gasteiger partial charge in [-0.25, -0.2) is 4.79 Å². The van der Waals surface area contributed by atoms with Crippen LogP contribution >= 0.6 is 0 Å². The van der Waals surface area contributed by atoms with Crippen LogP contribution in [0.25, 0.3) is 0 Å². The first-order valence-electron chi connectivity index (χ1n) is 8.06. The van der Waals surface area contributed by atoms with Gasteiger partial charge >= 0.3 is 5.97 Å². The van der Waals surface area contributed by atoms with Crippen molar-refractivity contribution in [2.24, 2.45) is 0 Å². The maximum Gasteiger partial charge on any atom is 0.335 e. The van der Waals surface area contributed by atoms with E-state index in [0.29, 0.717) is 5.56 Å². The lowest BCUT2D eigenvalue weighted by Gasteiger charge is -2.41. The van der Waals surface area contributed by atoms with Gasteiger partial charge in [-0.1, -0.05) is 6.42 Å². The Balaban J connectivity index is 1.56. The van der Waals surface area contributed by atoms with E-state index < -0.39 is 5.97 Å². The SMILES string of the molecule is O=C(O)c1ccc(N2CCC(N3CCCCC3)CC2)cc1. The van der Waals surface area contributed by atoms with Gasteiger partial charge in [0.2, 0.25) is 0 Å². The van der Waals surface area contributed by atoms with Crippen LogP contribution in [-0.4, -0.2) is 48.2 Å². The molecule has 0 amide bonds. The van der Waals surface area contributed by atoms with Crippen molar-refractivity contribution < 1.29 is 9.90 Å². The molecule has 2 heterocycles. The van der Waals surface area contributed by atoms with E-state index in [1.807, 2.05) is 12.1 Å². The highest BCUT2D eigenvalue weighted by molar-refractivity contribution is 5.88. The van der Waals surface area contributed by atoms with Crippen molar-refractivity contribution in [3.05, 3.63) is 29.8 Å². The molecule has 2 fully saturated rings. The molecule has 2 aliphatic heterocycles. The van der Waals surface area contributed by atoms with Crippen molar-refractivity contribution in [3.8, 4) is 0 Å². The molecular formula is C17H24N2O2. The molecule has 1 N–H and O–H groups in total. The van der Waals surface area contributed by atoms with Crippen LogP contribution in [0.1, 0.15) is 42.5 Å². The molecule has 0 atom stereocenters. The van der Waals surface area contributed by atoms with Gasteiger partial charge in [0.25, 0.3) is 0 Å². The Hall–Kier alpha value is -1.55. The summed E-state index contributed by atoms with van der Waals surface area (Å²) >= 11 is 0. The highest BCUT2D eigenvalue weighted by Crippen LogP contribution is 2.24. The maximum atomic E-state index is 10.9. The van der Waals surface area contributed by atoms with Gasteiger partial charge in [0.15, 0.2) is 0 Å². The summed E-state index contributed by atoms with van der Waals surface area (Å²) in [7, 11) is 0. The summed E-state index contributed by atoms with van der Waals surface area (Å²) in [6, 6.07) is 8.03. The van der Waals surface area contributed by atoms with Crippen LogP contribution in [0.4, 0.5) is 5.69 Å². The van der Waals surface area contributed by atoms with Gasteiger partial charge in [-0.15, -0.1) is 0 Å². The Morgan fingerprint density at radius 3 is 2.14 bits per heavy atom. The normalized spacial score (nSPS) is 21.4. The lowest BCUT2D eigenvalue weighted by atomic mass is 9.99. The number of anilines is 1. The van der Waals surface area contributed by atoms with E-state index in [9.17, 15) is 4.79 Å². The zero-order valence-corrected chi connectivity index (χ0v) is 12.5. The lowest BCUT2D eigenvalue weighted by molar-refractivity contribution is 0.0697. The Kier molecular flexibility index (Phi) is 4.44. The molecule has 2 aliphatic rings. The molecule has 1 aromatic rings. The molecule has 0 aliphatic carbocycles. The Labute approximate surface area is 126 Å². The molecule has 0 saturated carbocycles. The molecular weight excluding hydrogens is 264 g/mol. The van der Waals surface area contributed by atoms with E-state index in [1.54, 1.807) is 12.1 Å². The van der Waals surface area contributed by atoms with Gasteiger partial charge in [0.1, 0.15) is 0 Å². The zero-order valence-electron chi connectivity index (χ0n) is 12.5. The number of carboxylic acids is 1. The van der Waals surface area contributed by atoms with Gasteiger partial charge in [0.05, 0.1) is 5.56 Å². The Bertz CT molecular complexity index is 472. The Morgan fingerprint density at radius 2 is 1.57 bits per heavy atom. The molecule has 1 aromatic carbocycles. The second-order valence-corrected chi connectivity index (χ2v) is 6.17. The van der Waals surface area contributed by atoms with Crippen LogP contribution in [0.5, 0.6) is 0 Å². The van der Waals surface area contributed by atoms with Crippen molar-refractivity contribution in [2.75, 3.05) is 31.1 Å². The van der Waals surface area contributed by atoms with Crippen LogP contribution in [0.3, 0.4) is 0 Å². The molecule has 21 heavy (non-hydrogen) atoms. The fraction of sp³-hybridized carbons (Fsp3) is 0.588. The van der Waals surface area contributed by atoms with Gasteiger partial charge in [-0.3, -0.25) is 0 Å². The zero-order chi connectivity index (χ0) is 14.7. The van der Waals surface area contributed by atoms with Crippen LogP contribution < -0.4 is 4.90 Å². The number of hydrogen-bond donors (Lipinski definition) is 1. The molecule has 2 saturated heterocycles. The van der Waals surface area contributed by atoms with E-state index in [2.05, 4.69) is 9.80 Å². The van der Waals surface area contributed by atoms with Crippen molar-refractivity contribution in [3.63, 3.8) is 0 Å². The van der Waals surface area contributed by atoms with Crippen LogP contribution in [-0.2, 0) is 0 Å². The maximum absolute atomic E-state index is 10.9. The lowest BCUT2D eigenvalue weighted by Crippen LogP contribution is -2.46. The molecule has 0 bridgehead atoms. The van der Waals surface area contributed by atoms with Gasteiger partial charge in [-0.05, 0) is 63.0 Å². The average molecular weight is 288 g/mol. The number of carbonyl (C=O) groups is 1. The number of aromatic carboxylic acids is 1. The number of rotatable bonds is 3. The molecule has 4 heteroatoms. The molecule has 0 radical (unpaired) electrons. The van der Waals surface area contributed by atoms with Crippen LogP contribution in [0.2, 0.25) is 0 Å². The summed E-state index contributed by atoms with van der Waals surface area (Å²) in [6.45, 7) is 4.71. The number of benzene rings is 1. The minimum Gasteiger partial charge on any atom is -0.478 e. The van der Waals surface area contributed by atoms with Crippen LogP contribution in [0, 0.1) is 0 Å². The molecule has 114 valence electrons. The first-order chi connectivity index (χ1) is 10.2. The van der Waals surface area contributed by atoms with E-state index >= 15 is 0 Å². The van der Waals surface area contributed by atoms with E-state index in [-0.39, 0.29) is 0 Å². The molecule has 0 aromatic heterocycles. The monoisotopic (exact) mass is 288 g/mol. The molecule has 3 rings (SSSR count). The van der Waals surface area contributed by atoms with Gasteiger partial charge < -0.3 is 14.9 Å². The third-order valence-corrected chi connectivity index (χ3v) is 4.85. The van der Waals surface area contributed by atoms with Gasteiger partial charge in [0, 0.05) is 24.8 Å². The first kappa shape index (κ1) is 14.4. The molecule has 4 nitrogen and oxygen atoms in total. The topological polar surface area (TPSA) is 43.8 Å². The van der Waals surface area contributed by atoms with Crippen molar-refractivity contribution in [1.82, 2.24) is 4.90 Å². The number of carboxylic acid groups (broad SMARTS) is 1. The summed E-state index contributed by atoms with van der Waals surface area (Å²) in [5.41, 5.74) is 1.51. The van der Waals surface area contributed by atoms with E-state index in [1.165, 1.54) is 45.2 Å². The van der Waals surface area contributed by atoms with Crippen molar-refractivity contribution >= 4 is 11.7 Å². The fourth-order valence-electron chi connectivity index (χ4n) is 3.59. The summed E-state index contributed by atoms with van der Waals surface area (Å²) in [4.78, 5) is 15.9. The average Bonchev–Trinajstić information content (AvgIpc) is 2.56. The quantitative estimate of drug-likeness (QED) is 0.929. The number of piperidine rings is 2. The second kappa shape index (κ2) is 6.48. The Morgan fingerprint density at radius 1 is 0.952 bits per heavy atom. The third kappa shape index (κ3) is 3.38. The van der Waals surface area contributed by atoms with E-state index in [4.69, 9.17) is 5.11 Å². The molecule has 0 spiro atoms. The number of likely N-dealkylation sites (tertiary alicyclic amines) is 1. The van der Waals surface area contributed by atoms with E-state index in [0.717, 1.165) is 24.8 Å². The minimum atomic E-state index is -0.856. The van der Waals surface area contributed by atoms with Crippen molar-refractivity contribution in [2.45, 2.75) is 38.1 Å². The summed E-state index contributed by atoms with van der Waals surface area (Å²) in [5.74, 6) is -0.856. The fourth-order valence-corrected chi connectivity index (χ4v) is 3.59. The highest BCUT2D eigenvalue weighted by Gasteiger charge is 2.25. The molecule has 0 unspecified atom stereocenters. The summed E-state index contributed by atoms with van der Waals surface area (Å²) in [6.07, 6.45) is 6.56. The summed E-state index contributed by atoms with van der Waals surface area (Å²) in [5, 5.41) is 8.95. The highest BCUT2D eigenvalue weighted by atomic mass is 16.4. The summed E-state index contributed by atoms with van der Waals surface area (Å²) < 4.78 is 0. The number of nitrogens with zero attached hydrogens (tertiary/aromatic N) is 2. The standard InChI is InChI=1S/C17H24N2O2/c20-17(21)14-4-6-15(7-5-14)19-12-8-16(9-13-19)18-10-2-1-3-11-18/h4-7,16H,1-3,8-13H2,(H,20,21). The smallest absolute Gasteiger partial charge is 0.335 e. The van der Waals surface area contributed by atoms with Gasteiger partial charge in [-0.2, -0.15) is 0 Å². The third-order valence-electron chi connectivity index (χ3n) is 4.85. The van der Waals surface area contributed by atoms with Crippen molar-refractivity contribution in [1.29, 1.82) is 0 Å². The number of hydrogen-bond acceptors (Lipinski definition) is 3. The second-order valence-electron chi connectivity index (χ2n) is 6.17. The minimum absolute atomic E-state index is 0.363. The predicted octanol–water partition coefficient (Wildman–Crippen LogP) is 2.84.